The summed E-state index contributed by atoms with van der Waals surface area (Å²) < 4.78 is 68.6. The van der Waals surface area contributed by atoms with Crippen molar-refractivity contribution in [2.45, 2.75) is 420 Å². The first kappa shape index (κ1) is 95.1. The van der Waals surface area contributed by atoms with Crippen molar-refractivity contribution in [1.82, 2.24) is 0 Å². The minimum absolute atomic E-state index is 0.105. The van der Waals surface area contributed by atoms with Crippen LogP contribution >= 0.6 is 15.6 Å². The van der Waals surface area contributed by atoms with Gasteiger partial charge in [0.1, 0.15) is 19.3 Å². The highest BCUT2D eigenvalue weighted by molar-refractivity contribution is 7.47. The summed E-state index contributed by atoms with van der Waals surface area (Å²) in [6.07, 6.45) is 55.5. The Morgan fingerprint density at radius 1 is 0.299 bits per heavy atom. The number of esters is 4. The summed E-state index contributed by atoms with van der Waals surface area (Å²) >= 11 is 0. The first-order valence-electron chi connectivity index (χ1n) is 40.4. The minimum Gasteiger partial charge on any atom is -0.462 e. The highest BCUT2D eigenvalue weighted by Crippen LogP contribution is 2.45. The van der Waals surface area contributed by atoms with Crippen LogP contribution < -0.4 is 0 Å². The van der Waals surface area contributed by atoms with Crippen LogP contribution in [-0.2, 0) is 65.4 Å². The molecular weight excluding hydrogens is 1270 g/mol. The number of hydrogen-bond acceptors (Lipinski definition) is 15. The van der Waals surface area contributed by atoms with Crippen LogP contribution in [0.2, 0.25) is 0 Å². The first-order valence-corrected chi connectivity index (χ1v) is 43.4. The maximum absolute atomic E-state index is 13.1. The third-order valence-electron chi connectivity index (χ3n) is 18.5. The molecule has 0 aliphatic heterocycles. The fraction of sp³-hybridized carbons (Fsp3) is 0.949. The van der Waals surface area contributed by atoms with Crippen LogP contribution in [0.25, 0.3) is 0 Å². The Balaban J connectivity index is 5.26. The predicted octanol–water partition coefficient (Wildman–Crippen LogP) is 23.0. The summed E-state index contributed by atoms with van der Waals surface area (Å²) in [6.45, 7) is 11.9. The summed E-state index contributed by atoms with van der Waals surface area (Å²) in [4.78, 5) is 72.9. The van der Waals surface area contributed by atoms with Gasteiger partial charge in [0.15, 0.2) is 12.2 Å². The molecule has 0 aliphatic rings. The molecule has 0 fully saturated rings. The van der Waals surface area contributed by atoms with Crippen LogP contribution in [-0.4, -0.2) is 96.7 Å². The zero-order valence-electron chi connectivity index (χ0n) is 63.5. The lowest BCUT2D eigenvalue weighted by atomic mass is 9.99. The monoisotopic (exact) mass is 1420 g/mol. The second-order valence-corrected chi connectivity index (χ2v) is 32.2. The van der Waals surface area contributed by atoms with Gasteiger partial charge in [0.05, 0.1) is 26.4 Å². The summed E-state index contributed by atoms with van der Waals surface area (Å²) in [7, 11) is -9.92. The molecule has 0 amide bonds. The van der Waals surface area contributed by atoms with Gasteiger partial charge in [-0.15, -0.1) is 0 Å². The largest absolute Gasteiger partial charge is 0.472 e. The molecule has 3 N–H and O–H groups in total. The van der Waals surface area contributed by atoms with E-state index in [0.29, 0.717) is 31.6 Å². The Bertz CT molecular complexity index is 1890. The van der Waals surface area contributed by atoms with Crippen molar-refractivity contribution in [3.63, 3.8) is 0 Å². The summed E-state index contributed by atoms with van der Waals surface area (Å²) in [6, 6.07) is 0. The van der Waals surface area contributed by atoms with Crippen LogP contribution in [0.3, 0.4) is 0 Å². The number of ether oxygens (including phenoxy) is 4. The maximum Gasteiger partial charge on any atom is 0.472 e. The molecule has 0 radical (unpaired) electrons. The van der Waals surface area contributed by atoms with Crippen LogP contribution in [0.5, 0.6) is 0 Å². The van der Waals surface area contributed by atoms with E-state index in [9.17, 15) is 43.2 Å². The Labute approximate surface area is 594 Å². The van der Waals surface area contributed by atoms with Gasteiger partial charge in [-0.05, 0) is 43.4 Å². The normalized spacial score (nSPS) is 14.3. The quantitative estimate of drug-likeness (QED) is 0.0222. The van der Waals surface area contributed by atoms with Gasteiger partial charge < -0.3 is 33.8 Å². The summed E-state index contributed by atoms with van der Waals surface area (Å²) in [5, 5.41) is 10.6. The van der Waals surface area contributed by atoms with E-state index in [1.54, 1.807) is 0 Å². The zero-order chi connectivity index (χ0) is 71.6. The van der Waals surface area contributed by atoms with Crippen molar-refractivity contribution in [3.05, 3.63) is 0 Å². The fourth-order valence-corrected chi connectivity index (χ4v) is 13.5. The fourth-order valence-electron chi connectivity index (χ4n) is 11.9. The third kappa shape index (κ3) is 70.9. The Hall–Kier alpha value is -1.94. The zero-order valence-corrected chi connectivity index (χ0v) is 65.3. The number of phosphoric ester groups is 2. The van der Waals surface area contributed by atoms with Gasteiger partial charge in [-0.2, -0.15) is 0 Å². The van der Waals surface area contributed by atoms with E-state index in [-0.39, 0.29) is 25.7 Å². The average molecular weight is 1420 g/mol. The van der Waals surface area contributed by atoms with Gasteiger partial charge in [0, 0.05) is 25.7 Å². The van der Waals surface area contributed by atoms with Gasteiger partial charge in [0.25, 0.3) is 0 Å². The summed E-state index contributed by atoms with van der Waals surface area (Å²) in [5.74, 6) is 0.184. The topological polar surface area (TPSA) is 237 Å². The van der Waals surface area contributed by atoms with E-state index >= 15 is 0 Å². The lowest BCUT2D eigenvalue weighted by Gasteiger charge is -2.21. The van der Waals surface area contributed by atoms with E-state index in [0.717, 1.165) is 108 Å². The molecule has 0 aromatic carbocycles. The first-order chi connectivity index (χ1) is 46.8. The number of carbonyl (C=O) groups is 4. The minimum atomic E-state index is -4.96. The molecule has 0 bridgehead atoms. The number of carbonyl (C=O) groups excluding carboxylic acids is 4. The smallest absolute Gasteiger partial charge is 0.462 e. The number of unbranched alkanes of at least 4 members (excludes halogenated alkanes) is 43. The van der Waals surface area contributed by atoms with Crippen molar-refractivity contribution in [1.29, 1.82) is 0 Å². The molecule has 6 atom stereocenters. The molecule has 17 nitrogen and oxygen atoms in total. The Kier molecular flexibility index (Phi) is 67.1. The highest BCUT2D eigenvalue weighted by Gasteiger charge is 2.30. The highest BCUT2D eigenvalue weighted by atomic mass is 31.2. The molecule has 0 spiro atoms. The molecule has 97 heavy (non-hydrogen) atoms. The maximum atomic E-state index is 13.1. The molecule has 0 aromatic heterocycles. The third-order valence-corrected chi connectivity index (χ3v) is 20.4. The van der Waals surface area contributed by atoms with Crippen molar-refractivity contribution in [2.24, 2.45) is 17.8 Å². The molecule has 19 heteroatoms. The van der Waals surface area contributed by atoms with E-state index in [1.165, 1.54) is 205 Å². The van der Waals surface area contributed by atoms with Crippen molar-refractivity contribution >= 4 is 39.5 Å². The van der Waals surface area contributed by atoms with Crippen LogP contribution in [0.1, 0.15) is 402 Å². The van der Waals surface area contributed by atoms with Crippen molar-refractivity contribution in [3.8, 4) is 0 Å². The lowest BCUT2D eigenvalue weighted by Crippen LogP contribution is -2.30. The Morgan fingerprint density at radius 2 is 0.526 bits per heavy atom. The molecule has 0 aliphatic carbocycles. The van der Waals surface area contributed by atoms with Gasteiger partial charge in [0.2, 0.25) is 0 Å². The van der Waals surface area contributed by atoms with E-state index in [4.69, 9.17) is 37.0 Å². The van der Waals surface area contributed by atoms with Crippen molar-refractivity contribution < 1.29 is 80.2 Å². The molecule has 3 unspecified atom stereocenters. The molecule has 0 saturated heterocycles. The molecule has 0 rings (SSSR count). The van der Waals surface area contributed by atoms with Gasteiger partial charge in [-0.25, -0.2) is 9.13 Å². The van der Waals surface area contributed by atoms with E-state index in [2.05, 4.69) is 48.5 Å². The summed E-state index contributed by atoms with van der Waals surface area (Å²) in [5.41, 5.74) is 0. The van der Waals surface area contributed by atoms with Gasteiger partial charge in [-0.3, -0.25) is 37.3 Å². The predicted molar refractivity (Wildman–Crippen MR) is 395 cm³/mol. The van der Waals surface area contributed by atoms with Gasteiger partial charge >= 0.3 is 39.5 Å². The van der Waals surface area contributed by atoms with Crippen LogP contribution in [0.15, 0.2) is 0 Å². The van der Waals surface area contributed by atoms with Crippen LogP contribution in [0, 0.1) is 17.8 Å². The average Bonchev–Trinajstić information content (AvgIpc) is 1.37. The second kappa shape index (κ2) is 68.5. The van der Waals surface area contributed by atoms with Crippen LogP contribution in [0.4, 0.5) is 0 Å². The van der Waals surface area contributed by atoms with E-state index < -0.39 is 97.5 Å². The second-order valence-electron chi connectivity index (χ2n) is 29.3. The number of hydrogen-bond donors (Lipinski definition) is 3. The number of phosphoric acid groups is 2. The number of aliphatic hydroxyl groups is 1. The lowest BCUT2D eigenvalue weighted by molar-refractivity contribution is -0.161. The number of aliphatic hydroxyl groups excluding tert-OH is 1. The molecular formula is C78H152O17P2. The Morgan fingerprint density at radius 3 is 0.784 bits per heavy atom. The molecule has 0 saturated carbocycles. The van der Waals surface area contributed by atoms with Gasteiger partial charge in [-0.1, -0.05) is 350 Å². The standard InChI is InChI=1S/C78H152O17P2/c1-8-10-11-12-13-14-15-16-17-18-19-22-26-32-39-47-54-61-77(82)94-73(65-88-75(80)59-52-45-38-31-25-23-20-21-24-29-35-42-49-56-69(3)4)67-92-96(84,85)90-63-72(79)64-91-97(86,87)93-68-74(66-89-76(81)60-53-46-41-34-36-43-50-57-70(5)6)95-78(83)62-55-48-40-33-28-27-30-37-44-51-58-71(7)9-2/h69-74,79H,8-68H2,1-7H3,(H,84,85)(H,86,87)/t71?,72-,73-,74-/m1/s1. The molecule has 0 aromatic rings. The number of rotatable bonds is 76. The van der Waals surface area contributed by atoms with Crippen molar-refractivity contribution in [2.75, 3.05) is 39.6 Å². The van der Waals surface area contributed by atoms with E-state index in [1.807, 2.05) is 0 Å². The molecule has 576 valence electrons. The SMILES string of the molecule is CCCCCCCCCCCCCCCCCCCC(=O)O[C@H](COC(=O)CCCCCCCCCCCCCCCC(C)C)COP(=O)(O)OC[C@@H](O)COP(=O)(O)OC[C@@H](COC(=O)CCCCCCCCCC(C)C)OC(=O)CCCCCCCCCCCCC(C)CC. The molecule has 0 heterocycles.